The number of nitrogens with two attached hydrogens (primary N) is 1. The SMILES string of the molecule is CSCCCCNc1nc(N)c(Cl)cc1Cl. The minimum absolute atomic E-state index is 0.303. The molecule has 1 rings (SSSR count). The molecular weight excluding hydrogens is 265 g/mol. The van der Waals surface area contributed by atoms with Gasteiger partial charge >= 0.3 is 0 Å². The van der Waals surface area contributed by atoms with Crippen LogP contribution >= 0.6 is 35.0 Å². The predicted molar refractivity (Wildman–Crippen MR) is 74.8 cm³/mol. The number of nitrogens with one attached hydrogen (secondary N) is 1. The van der Waals surface area contributed by atoms with Crippen molar-refractivity contribution >= 4 is 46.6 Å². The Hall–Kier alpha value is -0.320. The van der Waals surface area contributed by atoms with Crippen LogP contribution < -0.4 is 11.1 Å². The molecule has 3 nitrogen and oxygen atoms in total. The van der Waals surface area contributed by atoms with Gasteiger partial charge in [0.05, 0.1) is 10.0 Å². The minimum atomic E-state index is 0.303. The molecule has 0 spiro atoms. The van der Waals surface area contributed by atoms with E-state index < -0.39 is 0 Å². The summed E-state index contributed by atoms with van der Waals surface area (Å²) in [7, 11) is 0. The molecule has 0 unspecified atom stereocenters. The summed E-state index contributed by atoms with van der Waals surface area (Å²) in [5.41, 5.74) is 5.60. The van der Waals surface area contributed by atoms with Crippen molar-refractivity contribution < 1.29 is 0 Å². The summed E-state index contributed by atoms with van der Waals surface area (Å²) in [6.45, 7) is 0.842. The zero-order valence-corrected chi connectivity index (χ0v) is 11.4. The van der Waals surface area contributed by atoms with Gasteiger partial charge in [0.1, 0.15) is 11.6 Å². The topological polar surface area (TPSA) is 50.9 Å². The van der Waals surface area contributed by atoms with E-state index in [1.807, 2.05) is 11.8 Å². The molecule has 90 valence electrons. The molecule has 0 aliphatic heterocycles. The molecule has 0 aromatic carbocycles. The van der Waals surface area contributed by atoms with Crippen molar-refractivity contribution in [2.24, 2.45) is 0 Å². The third-order valence-corrected chi connectivity index (χ3v) is 3.31. The van der Waals surface area contributed by atoms with Gasteiger partial charge in [0.15, 0.2) is 0 Å². The Bertz CT molecular complexity index is 347. The van der Waals surface area contributed by atoms with E-state index in [9.17, 15) is 0 Å². The number of rotatable bonds is 6. The smallest absolute Gasteiger partial charge is 0.147 e. The number of hydrogen-bond donors (Lipinski definition) is 2. The summed E-state index contributed by atoms with van der Waals surface area (Å²) < 4.78 is 0. The zero-order chi connectivity index (χ0) is 12.0. The van der Waals surface area contributed by atoms with E-state index in [2.05, 4.69) is 16.6 Å². The van der Waals surface area contributed by atoms with Crippen LogP contribution in [-0.2, 0) is 0 Å². The van der Waals surface area contributed by atoms with E-state index in [4.69, 9.17) is 28.9 Å². The highest BCUT2D eigenvalue weighted by Gasteiger charge is 2.05. The van der Waals surface area contributed by atoms with Crippen molar-refractivity contribution in [1.29, 1.82) is 0 Å². The normalized spacial score (nSPS) is 10.4. The van der Waals surface area contributed by atoms with E-state index in [0.717, 1.165) is 13.0 Å². The van der Waals surface area contributed by atoms with Crippen LogP contribution in [0.25, 0.3) is 0 Å². The minimum Gasteiger partial charge on any atom is -0.382 e. The molecular formula is C10H15Cl2N3S. The van der Waals surface area contributed by atoms with E-state index >= 15 is 0 Å². The molecule has 6 heteroatoms. The first-order chi connectivity index (χ1) is 7.65. The van der Waals surface area contributed by atoms with Crippen molar-refractivity contribution in [3.63, 3.8) is 0 Å². The number of nitrogens with zero attached hydrogens (tertiary/aromatic N) is 1. The fourth-order valence-electron chi connectivity index (χ4n) is 1.18. The van der Waals surface area contributed by atoms with Crippen molar-refractivity contribution in [2.45, 2.75) is 12.8 Å². The summed E-state index contributed by atoms with van der Waals surface area (Å²) in [5.74, 6) is 2.08. The second-order valence-electron chi connectivity index (χ2n) is 3.31. The number of nitrogen functional groups attached to an aromatic ring is 1. The largest absolute Gasteiger partial charge is 0.382 e. The molecule has 3 N–H and O–H groups in total. The highest BCUT2D eigenvalue weighted by Crippen LogP contribution is 2.27. The van der Waals surface area contributed by atoms with E-state index in [0.29, 0.717) is 21.7 Å². The van der Waals surface area contributed by atoms with Gasteiger partial charge in [0.25, 0.3) is 0 Å². The van der Waals surface area contributed by atoms with E-state index in [-0.39, 0.29) is 0 Å². The quantitative estimate of drug-likeness (QED) is 0.783. The number of unbranched alkanes of at least 4 members (excludes halogenated alkanes) is 1. The Labute approximate surface area is 110 Å². The van der Waals surface area contributed by atoms with E-state index in [1.165, 1.54) is 12.2 Å². The average Bonchev–Trinajstić information content (AvgIpc) is 2.25. The maximum atomic E-state index is 5.97. The molecule has 0 aliphatic carbocycles. The van der Waals surface area contributed by atoms with Crippen molar-refractivity contribution in [3.8, 4) is 0 Å². The average molecular weight is 280 g/mol. The van der Waals surface area contributed by atoms with Gasteiger partial charge in [-0.15, -0.1) is 0 Å². The molecule has 1 heterocycles. The van der Waals surface area contributed by atoms with Gasteiger partial charge in [0.2, 0.25) is 0 Å². The molecule has 0 fully saturated rings. The van der Waals surface area contributed by atoms with Gasteiger partial charge in [-0.1, -0.05) is 23.2 Å². The van der Waals surface area contributed by atoms with Crippen LogP contribution in [0.15, 0.2) is 6.07 Å². The molecule has 0 saturated heterocycles. The Balaban J connectivity index is 2.45. The molecule has 1 aromatic rings. The van der Waals surface area contributed by atoms with Gasteiger partial charge in [-0.2, -0.15) is 11.8 Å². The lowest BCUT2D eigenvalue weighted by Crippen LogP contribution is -2.06. The molecule has 0 aliphatic rings. The van der Waals surface area contributed by atoms with Gasteiger partial charge in [-0.05, 0) is 30.9 Å². The lowest BCUT2D eigenvalue weighted by molar-refractivity contribution is 0.840. The van der Waals surface area contributed by atoms with Crippen molar-refractivity contribution in [2.75, 3.05) is 29.6 Å². The predicted octanol–water partition coefficient (Wildman–Crippen LogP) is 3.53. The van der Waals surface area contributed by atoms with Crippen LogP contribution in [0.1, 0.15) is 12.8 Å². The van der Waals surface area contributed by atoms with Gasteiger partial charge < -0.3 is 11.1 Å². The summed E-state index contributed by atoms with van der Waals surface area (Å²) in [5, 5.41) is 4.04. The first-order valence-corrected chi connectivity index (χ1v) is 7.14. The van der Waals surface area contributed by atoms with Crippen LogP contribution in [-0.4, -0.2) is 23.5 Å². The number of thioether (sulfide) groups is 1. The van der Waals surface area contributed by atoms with Crippen LogP contribution in [0.3, 0.4) is 0 Å². The standard InChI is InChI=1S/C10H15Cl2N3S/c1-16-5-3-2-4-14-10-8(12)6-7(11)9(13)15-10/h6H,2-5H2,1H3,(H3,13,14,15). The zero-order valence-electron chi connectivity index (χ0n) is 9.09. The number of halogens is 2. The number of pyridine rings is 1. The van der Waals surface area contributed by atoms with Crippen LogP contribution in [0.4, 0.5) is 11.6 Å². The highest BCUT2D eigenvalue weighted by molar-refractivity contribution is 7.98. The Morgan fingerprint density at radius 2 is 2.12 bits per heavy atom. The Kier molecular flexibility index (Phi) is 6.09. The Morgan fingerprint density at radius 3 is 2.81 bits per heavy atom. The second-order valence-corrected chi connectivity index (χ2v) is 5.11. The number of aromatic nitrogens is 1. The summed E-state index contributed by atoms with van der Waals surface area (Å²) >= 11 is 13.6. The Morgan fingerprint density at radius 1 is 1.38 bits per heavy atom. The summed E-state index contributed by atoms with van der Waals surface area (Å²) in [6, 6.07) is 1.61. The fraction of sp³-hybridized carbons (Fsp3) is 0.500. The van der Waals surface area contributed by atoms with Crippen LogP contribution in [0.5, 0.6) is 0 Å². The molecule has 0 atom stereocenters. The molecule has 0 bridgehead atoms. The van der Waals surface area contributed by atoms with Crippen LogP contribution in [0.2, 0.25) is 10.0 Å². The van der Waals surface area contributed by atoms with Gasteiger partial charge in [-0.3, -0.25) is 0 Å². The van der Waals surface area contributed by atoms with Gasteiger partial charge in [0, 0.05) is 6.54 Å². The maximum Gasteiger partial charge on any atom is 0.147 e. The number of anilines is 2. The lowest BCUT2D eigenvalue weighted by atomic mass is 10.3. The first kappa shape index (κ1) is 13.7. The molecule has 0 radical (unpaired) electrons. The molecule has 1 aromatic heterocycles. The maximum absolute atomic E-state index is 5.97. The third-order valence-electron chi connectivity index (χ3n) is 2.02. The third kappa shape index (κ3) is 4.28. The van der Waals surface area contributed by atoms with E-state index in [1.54, 1.807) is 6.07 Å². The first-order valence-electron chi connectivity index (χ1n) is 4.99. The fourth-order valence-corrected chi connectivity index (χ4v) is 2.10. The molecule has 0 saturated carbocycles. The van der Waals surface area contributed by atoms with Crippen molar-refractivity contribution in [1.82, 2.24) is 4.98 Å². The van der Waals surface area contributed by atoms with Crippen LogP contribution in [0, 0.1) is 0 Å². The monoisotopic (exact) mass is 279 g/mol. The lowest BCUT2D eigenvalue weighted by Gasteiger charge is -2.08. The molecule has 16 heavy (non-hydrogen) atoms. The van der Waals surface area contributed by atoms with Gasteiger partial charge in [-0.25, -0.2) is 4.98 Å². The highest BCUT2D eigenvalue weighted by atomic mass is 35.5. The van der Waals surface area contributed by atoms with Crippen molar-refractivity contribution in [3.05, 3.63) is 16.1 Å². The number of hydrogen-bond acceptors (Lipinski definition) is 4. The summed E-state index contributed by atoms with van der Waals surface area (Å²) in [6.07, 6.45) is 4.36. The summed E-state index contributed by atoms with van der Waals surface area (Å²) in [4.78, 5) is 4.09. The molecule has 0 amide bonds. The second kappa shape index (κ2) is 7.09.